The molecule has 1 aromatic rings. The monoisotopic (exact) mass is 488 g/mol. The van der Waals surface area contributed by atoms with Gasteiger partial charge >= 0.3 is 0 Å². The molecule has 0 saturated heterocycles. The molecular weight excluding hydrogens is 444 g/mol. The minimum Gasteiger partial charge on any atom is -0.393 e. The molecule has 0 radical (unpaired) electrons. The molecule has 6 heteroatoms. The fourth-order valence-electron chi connectivity index (χ4n) is 9.33. The van der Waals surface area contributed by atoms with E-state index in [1.165, 1.54) is 37.0 Å². The van der Waals surface area contributed by atoms with E-state index in [0.717, 1.165) is 37.8 Å². The van der Waals surface area contributed by atoms with Crippen molar-refractivity contribution in [2.75, 3.05) is 5.32 Å². The number of hydrogen-bond donors (Lipinski definition) is 3. The van der Waals surface area contributed by atoms with Gasteiger partial charge in [0.25, 0.3) is 0 Å². The van der Waals surface area contributed by atoms with Crippen molar-refractivity contribution in [3.05, 3.63) is 11.1 Å². The molecule has 4 saturated carbocycles. The summed E-state index contributed by atoms with van der Waals surface area (Å²) in [5.74, 6) is 3.25. The largest absolute Gasteiger partial charge is 0.393 e. The summed E-state index contributed by atoms with van der Waals surface area (Å²) in [4.78, 5) is 16.9. The normalized spacial score (nSPS) is 44.6. The molecule has 1 aromatic heterocycles. The van der Waals surface area contributed by atoms with Gasteiger partial charge in [-0.1, -0.05) is 20.8 Å². The minimum absolute atomic E-state index is 0.0748. The molecule has 4 fully saturated rings. The average molecular weight is 489 g/mol. The number of aromatic nitrogens is 1. The Bertz CT molecular complexity index is 904. The summed E-state index contributed by atoms with van der Waals surface area (Å²) in [7, 11) is 0. The van der Waals surface area contributed by atoms with Crippen molar-refractivity contribution in [2.24, 2.45) is 46.3 Å². The standard InChI is InChI=1S/C28H44N2O3S/c1-16(5-8-24(33)30-26-29-17(2)15-34-26)20-6-7-21-25-22(10-12-28(20,21)4)27(3)11-9-19(31)13-18(27)14-23(25)32/h15-16,18-23,25,31-32H,5-14H2,1-4H3,(H,29,30,33)/t16-,18-,19-,20+,21-,22-,23+,25+,27+,28-/m1/s1. The van der Waals surface area contributed by atoms with Gasteiger partial charge in [0.05, 0.1) is 17.9 Å². The number of fused-ring (bicyclic) bond motifs is 5. The van der Waals surface area contributed by atoms with Gasteiger partial charge in [-0.15, -0.1) is 11.3 Å². The first-order chi connectivity index (χ1) is 16.1. The summed E-state index contributed by atoms with van der Waals surface area (Å²) in [6, 6.07) is 0. The summed E-state index contributed by atoms with van der Waals surface area (Å²) in [5.41, 5.74) is 1.49. The molecule has 3 N–H and O–H groups in total. The molecule has 190 valence electrons. The third kappa shape index (κ3) is 4.16. The van der Waals surface area contributed by atoms with Gasteiger partial charge in [0.15, 0.2) is 5.13 Å². The molecule has 5 rings (SSSR count). The fraction of sp³-hybridized carbons (Fsp3) is 0.857. The molecule has 0 spiro atoms. The van der Waals surface area contributed by atoms with Crippen molar-refractivity contribution in [3.8, 4) is 0 Å². The zero-order chi connectivity index (χ0) is 24.3. The minimum atomic E-state index is -0.223. The highest BCUT2D eigenvalue weighted by atomic mass is 32.1. The van der Waals surface area contributed by atoms with Crippen molar-refractivity contribution in [2.45, 2.75) is 104 Å². The van der Waals surface area contributed by atoms with Crippen LogP contribution in [0.5, 0.6) is 0 Å². The van der Waals surface area contributed by atoms with Crippen LogP contribution in [0.1, 0.15) is 90.7 Å². The van der Waals surface area contributed by atoms with Crippen LogP contribution in [-0.2, 0) is 4.79 Å². The highest BCUT2D eigenvalue weighted by Crippen LogP contribution is 2.68. The van der Waals surface area contributed by atoms with E-state index in [9.17, 15) is 15.0 Å². The summed E-state index contributed by atoms with van der Waals surface area (Å²) < 4.78 is 0. The highest BCUT2D eigenvalue weighted by Gasteiger charge is 2.62. The molecule has 1 heterocycles. The van der Waals surface area contributed by atoms with Gasteiger partial charge in [0.2, 0.25) is 5.91 Å². The number of carbonyl (C=O) groups is 1. The lowest BCUT2D eigenvalue weighted by Crippen LogP contribution is -2.58. The number of aliphatic hydroxyl groups is 2. The predicted molar refractivity (Wildman–Crippen MR) is 136 cm³/mol. The second-order valence-corrected chi connectivity index (χ2v) is 13.7. The second kappa shape index (κ2) is 9.15. The van der Waals surface area contributed by atoms with E-state index in [1.54, 1.807) is 0 Å². The quantitative estimate of drug-likeness (QED) is 0.489. The number of anilines is 1. The number of aliphatic hydroxyl groups excluding tert-OH is 2. The van der Waals surface area contributed by atoms with Crippen LogP contribution in [0, 0.1) is 53.3 Å². The Morgan fingerprint density at radius 1 is 1.15 bits per heavy atom. The smallest absolute Gasteiger partial charge is 0.226 e. The fourth-order valence-corrected chi connectivity index (χ4v) is 10.0. The van der Waals surface area contributed by atoms with Crippen LogP contribution in [0.3, 0.4) is 0 Å². The number of hydrogen-bond acceptors (Lipinski definition) is 5. The van der Waals surface area contributed by atoms with Crippen LogP contribution >= 0.6 is 11.3 Å². The van der Waals surface area contributed by atoms with E-state index in [-0.39, 0.29) is 28.9 Å². The molecule has 0 aromatic carbocycles. The summed E-state index contributed by atoms with van der Waals surface area (Å²) >= 11 is 1.49. The van der Waals surface area contributed by atoms with Crippen molar-refractivity contribution in [1.29, 1.82) is 0 Å². The topological polar surface area (TPSA) is 82.5 Å². The van der Waals surface area contributed by atoms with E-state index in [4.69, 9.17) is 0 Å². The van der Waals surface area contributed by atoms with E-state index in [2.05, 4.69) is 31.1 Å². The first-order valence-electron chi connectivity index (χ1n) is 13.7. The van der Waals surface area contributed by atoms with E-state index < -0.39 is 0 Å². The Morgan fingerprint density at radius 3 is 2.62 bits per heavy atom. The maximum absolute atomic E-state index is 12.5. The van der Waals surface area contributed by atoms with E-state index in [1.807, 2.05) is 12.3 Å². The number of nitrogens with one attached hydrogen (secondary N) is 1. The Kier molecular flexibility index (Phi) is 6.65. The molecule has 0 bridgehead atoms. The van der Waals surface area contributed by atoms with Crippen molar-refractivity contribution >= 4 is 22.4 Å². The lowest BCUT2D eigenvalue weighted by molar-refractivity contribution is -0.174. The maximum atomic E-state index is 12.5. The summed E-state index contributed by atoms with van der Waals surface area (Å²) in [5, 5.41) is 27.3. The molecule has 1 amide bonds. The van der Waals surface area contributed by atoms with Crippen molar-refractivity contribution in [3.63, 3.8) is 0 Å². The molecule has 10 atom stereocenters. The first kappa shape index (κ1) is 24.7. The van der Waals surface area contributed by atoms with Gasteiger partial charge in [-0.2, -0.15) is 0 Å². The molecule has 4 aliphatic carbocycles. The molecule has 5 nitrogen and oxygen atoms in total. The predicted octanol–water partition coefficient (Wildman–Crippen LogP) is 5.80. The maximum Gasteiger partial charge on any atom is 0.226 e. The van der Waals surface area contributed by atoms with Crippen LogP contribution in [0.15, 0.2) is 5.38 Å². The molecule has 0 aliphatic heterocycles. The second-order valence-electron chi connectivity index (χ2n) is 12.8. The van der Waals surface area contributed by atoms with E-state index >= 15 is 0 Å². The van der Waals surface area contributed by atoms with Gasteiger partial charge in [-0.25, -0.2) is 4.98 Å². The lowest BCUT2D eigenvalue weighted by Gasteiger charge is -2.62. The van der Waals surface area contributed by atoms with Crippen molar-refractivity contribution < 1.29 is 15.0 Å². The molecular formula is C28H44N2O3S. The van der Waals surface area contributed by atoms with Gasteiger partial charge < -0.3 is 15.5 Å². The number of aryl methyl sites for hydroxylation is 1. The van der Waals surface area contributed by atoms with E-state index in [0.29, 0.717) is 47.1 Å². The number of rotatable bonds is 5. The first-order valence-corrected chi connectivity index (χ1v) is 14.6. The van der Waals surface area contributed by atoms with Crippen LogP contribution in [0.4, 0.5) is 5.13 Å². The Labute approximate surface area is 209 Å². The summed E-state index contributed by atoms with van der Waals surface area (Å²) in [6.45, 7) is 9.28. The number of amides is 1. The Balaban J connectivity index is 1.25. The lowest BCUT2D eigenvalue weighted by atomic mass is 9.43. The summed E-state index contributed by atoms with van der Waals surface area (Å²) in [6.07, 6.45) is 9.76. The Hall–Kier alpha value is -0.980. The molecule has 4 aliphatic rings. The van der Waals surface area contributed by atoms with Gasteiger partial charge in [0, 0.05) is 11.8 Å². The van der Waals surface area contributed by atoms with Crippen LogP contribution < -0.4 is 5.32 Å². The Morgan fingerprint density at radius 2 is 1.88 bits per heavy atom. The third-order valence-corrected chi connectivity index (χ3v) is 12.0. The van der Waals surface area contributed by atoms with Crippen LogP contribution in [0.25, 0.3) is 0 Å². The average Bonchev–Trinajstić information content (AvgIpc) is 3.35. The van der Waals surface area contributed by atoms with Crippen LogP contribution in [-0.4, -0.2) is 33.3 Å². The van der Waals surface area contributed by atoms with Gasteiger partial charge in [-0.3, -0.25) is 4.79 Å². The number of thiazole rings is 1. The molecule has 0 unspecified atom stereocenters. The third-order valence-electron chi connectivity index (χ3n) is 11.1. The van der Waals surface area contributed by atoms with Crippen molar-refractivity contribution in [1.82, 2.24) is 4.98 Å². The zero-order valence-electron chi connectivity index (χ0n) is 21.4. The van der Waals surface area contributed by atoms with Gasteiger partial charge in [-0.05, 0) is 111 Å². The van der Waals surface area contributed by atoms with Crippen LogP contribution in [0.2, 0.25) is 0 Å². The SMILES string of the molecule is Cc1csc(NC(=O)CC[C@@H](C)[C@@H]2CC[C@@H]3[C@H]4[C@@H](CC[C@@]32C)[C@@]2(C)CC[C@@H](O)C[C@@H]2C[C@@H]4O)n1. The number of nitrogens with zero attached hydrogens (tertiary/aromatic N) is 1. The van der Waals surface area contributed by atoms with Gasteiger partial charge in [0.1, 0.15) is 0 Å². The zero-order valence-corrected chi connectivity index (χ0v) is 22.2. The highest BCUT2D eigenvalue weighted by molar-refractivity contribution is 7.13. The molecule has 34 heavy (non-hydrogen) atoms. The number of carbonyl (C=O) groups excluding carboxylic acids is 1.